The number of halogens is 1. The second kappa shape index (κ2) is 10.4. The molecule has 0 radical (unpaired) electrons. The number of aromatic nitrogens is 1. The summed E-state index contributed by atoms with van der Waals surface area (Å²) in [5.41, 5.74) is 1.65. The highest BCUT2D eigenvalue weighted by molar-refractivity contribution is 6.30. The molecule has 5 rings (SSSR count). The molecule has 34 heavy (non-hydrogen) atoms. The molecule has 3 heterocycles. The fraction of sp³-hybridized carbons (Fsp3) is 0.481. The minimum atomic E-state index is -0.991. The lowest BCUT2D eigenvalue weighted by atomic mass is 9.97. The van der Waals surface area contributed by atoms with Crippen LogP contribution in [0.15, 0.2) is 40.8 Å². The van der Waals surface area contributed by atoms with Crippen LogP contribution in [-0.2, 0) is 11.3 Å². The molecule has 2 aliphatic rings. The highest BCUT2D eigenvalue weighted by Gasteiger charge is 2.43. The van der Waals surface area contributed by atoms with Crippen LogP contribution in [0.1, 0.15) is 68.1 Å². The molecule has 0 spiro atoms. The lowest BCUT2D eigenvalue weighted by Gasteiger charge is -2.41. The smallest absolute Gasteiger partial charge is 0.275 e. The number of hydrogen-bond acceptors (Lipinski definition) is 4. The van der Waals surface area contributed by atoms with Gasteiger partial charge in [-0.3, -0.25) is 9.69 Å². The molecule has 1 fully saturated rings. The Morgan fingerprint density at radius 2 is 1.74 bits per heavy atom. The predicted octanol–water partition coefficient (Wildman–Crippen LogP) is 6.13. The van der Waals surface area contributed by atoms with Crippen molar-refractivity contribution < 1.29 is 14.0 Å². The molecule has 1 aliphatic carbocycles. The zero-order chi connectivity index (χ0) is 24.3. The molecule has 2 aromatic heterocycles. The van der Waals surface area contributed by atoms with Crippen molar-refractivity contribution in [2.24, 2.45) is 0 Å². The van der Waals surface area contributed by atoms with Crippen molar-refractivity contribution in [1.29, 1.82) is 0 Å². The van der Waals surface area contributed by atoms with E-state index in [9.17, 15) is 9.59 Å². The summed E-state index contributed by atoms with van der Waals surface area (Å²) in [4.78, 5) is 26.5. The van der Waals surface area contributed by atoms with Crippen molar-refractivity contribution in [2.75, 3.05) is 11.9 Å². The normalized spacial score (nSPS) is 21.4. The van der Waals surface area contributed by atoms with Gasteiger partial charge in [0.2, 0.25) is 0 Å². The number of nitrogens with zero attached hydrogens (tertiary/aromatic N) is 2. The summed E-state index contributed by atoms with van der Waals surface area (Å²) < 4.78 is 7.49. The second-order valence-electron chi connectivity index (χ2n) is 9.64. The van der Waals surface area contributed by atoms with E-state index >= 15 is 0 Å². The maximum atomic E-state index is 13.1. The average molecular weight is 484 g/mol. The molecular formula is C27H34ClN3O3. The van der Waals surface area contributed by atoms with Crippen LogP contribution in [0.2, 0.25) is 5.02 Å². The largest absolute Gasteiger partial charge is 0.460 e. The summed E-state index contributed by atoms with van der Waals surface area (Å²) in [5, 5.41) is 3.95. The summed E-state index contributed by atoms with van der Waals surface area (Å²) in [6, 6.07) is 11.3. The van der Waals surface area contributed by atoms with Crippen molar-refractivity contribution >= 4 is 40.6 Å². The molecule has 1 saturated carbocycles. The zero-order valence-electron chi connectivity index (χ0n) is 20.3. The third-order valence-corrected chi connectivity index (χ3v) is 7.23. The molecule has 1 aromatic carbocycles. The first-order chi connectivity index (χ1) is 16.4. The van der Waals surface area contributed by atoms with E-state index in [4.69, 9.17) is 16.0 Å². The van der Waals surface area contributed by atoms with E-state index in [1.54, 1.807) is 37.3 Å². The number of benzene rings is 1. The molecule has 7 heteroatoms. The fourth-order valence-corrected chi connectivity index (χ4v) is 5.21. The van der Waals surface area contributed by atoms with Crippen molar-refractivity contribution in [3.63, 3.8) is 0 Å². The van der Waals surface area contributed by atoms with Crippen LogP contribution in [0.5, 0.6) is 0 Å². The van der Waals surface area contributed by atoms with Crippen molar-refractivity contribution in [2.45, 2.75) is 76.9 Å². The van der Waals surface area contributed by atoms with Gasteiger partial charge in [-0.15, -0.1) is 0 Å². The first kappa shape index (κ1) is 24.6. The van der Waals surface area contributed by atoms with E-state index in [1.165, 1.54) is 49.8 Å². The Kier molecular flexibility index (Phi) is 7.48. The van der Waals surface area contributed by atoms with Gasteiger partial charge in [-0.2, -0.15) is 0 Å². The molecule has 1 aliphatic heterocycles. The van der Waals surface area contributed by atoms with Crippen LogP contribution in [0.25, 0.3) is 11.1 Å². The van der Waals surface area contributed by atoms with Crippen LogP contribution in [-0.4, -0.2) is 35.4 Å². The van der Waals surface area contributed by atoms with Crippen LogP contribution < -0.4 is 10.2 Å². The minimum absolute atomic E-state index is 0.234. The number of anilines is 1. The van der Waals surface area contributed by atoms with Crippen molar-refractivity contribution in [3.8, 4) is 0 Å². The first-order valence-electron chi connectivity index (χ1n) is 12.2. The molecule has 182 valence electrons. The Bertz CT molecular complexity index is 1140. The highest BCUT2D eigenvalue weighted by Crippen LogP contribution is 2.35. The van der Waals surface area contributed by atoms with Gasteiger partial charge in [0.15, 0.2) is 5.58 Å². The Balaban J connectivity index is 0.000000231. The number of amides is 1. The lowest BCUT2D eigenvalue weighted by Crippen LogP contribution is -2.58. The summed E-state index contributed by atoms with van der Waals surface area (Å²) in [6.07, 6.45) is 10.9. The SMILES string of the molecule is CNC1CCCCCCC1.Cc1cc2c(cc3n2CC(C)(C=O)N(c2ccc(Cl)cc2)C3=O)o1. The molecule has 1 amide bonds. The summed E-state index contributed by atoms with van der Waals surface area (Å²) in [7, 11) is 2.09. The van der Waals surface area contributed by atoms with Gasteiger partial charge < -0.3 is 19.1 Å². The monoisotopic (exact) mass is 483 g/mol. The quantitative estimate of drug-likeness (QED) is 0.455. The zero-order valence-corrected chi connectivity index (χ0v) is 21.0. The van der Waals surface area contributed by atoms with E-state index < -0.39 is 5.54 Å². The minimum Gasteiger partial charge on any atom is -0.460 e. The van der Waals surface area contributed by atoms with Crippen LogP contribution in [0.4, 0.5) is 5.69 Å². The molecule has 1 unspecified atom stereocenters. The van der Waals surface area contributed by atoms with E-state index in [0.29, 0.717) is 28.5 Å². The standard InChI is InChI=1S/C18H15ClN2O3.C9H19N/c1-11-7-14-16(24-11)8-15-17(23)21(13-5-3-12(19)4-6-13)18(2,10-22)9-20(14)15;1-10-9-7-5-3-2-4-6-8-9/h3-8,10H,9H2,1-2H3;9-10H,2-8H2,1H3. The number of aryl methyl sites for hydroxylation is 1. The molecule has 1 N–H and O–H groups in total. The topological polar surface area (TPSA) is 67.5 Å². The Hall–Kier alpha value is -2.57. The van der Waals surface area contributed by atoms with Gasteiger partial charge in [0.25, 0.3) is 5.91 Å². The molecule has 0 saturated heterocycles. The fourth-order valence-electron chi connectivity index (χ4n) is 5.09. The molecular weight excluding hydrogens is 450 g/mol. The Labute approximate surface area is 206 Å². The predicted molar refractivity (Wildman–Crippen MR) is 137 cm³/mol. The van der Waals surface area contributed by atoms with Crippen molar-refractivity contribution in [1.82, 2.24) is 9.88 Å². The highest BCUT2D eigenvalue weighted by atomic mass is 35.5. The van der Waals surface area contributed by atoms with Crippen molar-refractivity contribution in [3.05, 3.63) is 52.9 Å². The van der Waals surface area contributed by atoms with Crippen LogP contribution >= 0.6 is 11.6 Å². The average Bonchev–Trinajstić information content (AvgIpc) is 3.32. The van der Waals surface area contributed by atoms with Gasteiger partial charge in [0, 0.05) is 28.9 Å². The Morgan fingerprint density at radius 1 is 1.09 bits per heavy atom. The van der Waals surface area contributed by atoms with E-state index in [1.807, 2.05) is 17.6 Å². The van der Waals surface area contributed by atoms with Gasteiger partial charge in [-0.1, -0.05) is 43.7 Å². The third kappa shape index (κ3) is 4.93. The Morgan fingerprint density at radius 3 is 2.35 bits per heavy atom. The van der Waals surface area contributed by atoms with Crippen LogP contribution in [0, 0.1) is 6.92 Å². The van der Waals surface area contributed by atoms with E-state index in [0.717, 1.165) is 23.6 Å². The third-order valence-electron chi connectivity index (χ3n) is 6.98. The first-order valence-corrected chi connectivity index (χ1v) is 12.6. The number of rotatable bonds is 3. The molecule has 3 aromatic rings. The second-order valence-corrected chi connectivity index (χ2v) is 10.1. The van der Waals surface area contributed by atoms with Gasteiger partial charge in [-0.05, 0) is 58.0 Å². The van der Waals surface area contributed by atoms with Gasteiger partial charge in [0.1, 0.15) is 23.3 Å². The molecule has 6 nitrogen and oxygen atoms in total. The number of carbonyl (C=O) groups excluding carboxylic acids is 2. The molecule has 0 bridgehead atoms. The van der Waals surface area contributed by atoms with E-state index in [2.05, 4.69) is 12.4 Å². The van der Waals surface area contributed by atoms with Gasteiger partial charge >= 0.3 is 0 Å². The molecule has 1 atom stereocenters. The number of furan rings is 1. The summed E-state index contributed by atoms with van der Waals surface area (Å²) >= 11 is 5.94. The maximum absolute atomic E-state index is 13.1. The number of aldehydes is 1. The maximum Gasteiger partial charge on any atom is 0.275 e. The number of hydrogen-bond donors (Lipinski definition) is 1. The lowest BCUT2D eigenvalue weighted by molar-refractivity contribution is -0.112. The summed E-state index contributed by atoms with van der Waals surface area (Å²) in [5.74, 6) is 0.540. The van der Waals surface area contributed by atoms with E-state index in [-0.39, 0.29) is 5.91 Å². The number of carbonyl (C=O) groups is 2. The van der Waals surface area contributed by atoms with Gasteiger partial charge in [0.05, 0.1) is 12.1 Å². The van der Waals surface area contributed by atoms with Gasteiger partial charge in [-0.25, -0.2) is 0 Å². The number of nitrogens with one attached hydrogen (secondary N) is 1. The van der Waals surface area contributed by atoms with Crippen LogP contribution in [0.3, 0.4) is 0 Å². The number of fused-ring (bicyclic) bond motifs is 3. The summed E-state index contributed by atoms with van der Waals surface area (Å²) in [6.45, 7) is 3.98.